The zero-order valence-electron chi connectivity index (χ0n) is 16.2. The first-order valence-corrected chi connectivity index (χ1v) is 10.1. The maximum absolute atomic E-state index is 12.8. The van der Waals surface area contributed by atoms with Gasteiger partial charge in [-0.15, -0.1) is 0 Å². The lowest BCUT2D eigenvalue weighted by molar-refractivity contribution is 0.0772. The van der Waals surface area contributed by atoms with Crippen molar-refractivity contribution in [2.75, 3.05) is 32.7 Å². The highest BCUT2D eigenvalue weighted by molar-refractivity contribution is 5.97. The molecule has 0 saturated carbocycles. The number of rotatable bonds is 6. The molecule has 4 heteroatoms. The number of amides is 1. The van der Waals surface area contributed by atoms with E-state index < -0.39 is 0 Å². The molecule has 2 heterocycles. The number of hydrogen-bond acceptors (Lipinski definition) is 3. The Labute approximate surface area is 157 Å². The van der Waals surface area contributed by atoms with Crippen LogP contribution in [0.1, 0.15) is 49.9 Å². The number of para-hydroxylation sites is 1. The molecule has 2 saturated heterocycles. The molecule has 0 unspecified atom stereocenters. The van der Waals surface area contributed by atoms with E-state index in [4.69, 9.17) is 4.74 Å². The molecule has 0 aromatic heterocycles. The topological polar surface area (TPSA) is 32.8 Å². The van der Waals surface area contributed by atoms with Gasteiger partial charge in [-0.25, -0.2) is 0 Å². The standard InChI is InChI=1S/C22H32N2O2/c1-18(2)8-7-13-23-16-11-19(12-17-23)26-21-10-4-3-9-20(21)22(25)24-14-5-6-15-24/h3-4,7-10,18-19H,5-6,11-17H2,1-2H3. The molecule has 1 amide bonds. The smallest absolute Gasteiger partial charge is 0.257 e. The van der Waals surface area contributed by atoms with Gasteiger partial charge in [0.2, 0.25) is 0 Å². The van der Waals surface area contributed by atoms with Gasteiger partial charge in [-0.05, 0) is 43.7 Å². The van der Waals surface area contributed by atoms with Crippen LogP contribution in [0.25, 0.3) is 0 Å². The number of likely N-dealkylation sites (tertiary alicyclic amines) is 2. The van der Waals surface area contributed by atoms with Crippen molar-refractivity contribution in [1.82, 2.24) is 9.80 Å². The van der Waals surface area contributed by atoms with E-state index in [-0.39, 0.29) is 12.0 Å². The molecule has 3 rings (SSSR count). The molecule has 1 aromatic carbocycles. The van der Waals surface area contributed by atoms with Crippen LogP contribution < -0.4 is 4.74 Å². The Morgan fingerprint density at radius 3 is 2.54 bits per heavy atom. The van der Waals surface area contributed by atoms with Gasteiger partial charge in [-0.2, -0.15) is 0 Å². The summed E-state index contributed by atoms with van der Waals surface area (Å²) in [7, 11) is 0. The van der Waals surface area contributed by atoms with Gasteiger partial charge in [0.15, 0.2) is 0 Å². The van der Waals surface area contributed by atoms with E-state index in [1.165, 1.54) is 0 Å². The Kier molecular flexibility index (Phi) is 6.73. The van der Waals surface area contributed by atoms with Crippen molar-refractivity contribution in [2.45, 2.75) is 45.6 Å². The molecule has 0 radical (unpaired) electrons. The van der Waals surface area contributed by atoms with E-state index >= 15 is 0 Å². The number of nitrogens with zero attached hydrogens (tertiary/aromatic N) is 2. The summed E-state index contributed by atoms with van der Waals surface area (Å²) in [6.07, 6.45) is 8.99. The fourth-order valence-corrected chi connectivity index (χ4v) is 3.71. The molecule has 0 atom stereocenters. The van der Waals surface area contributed by atoms with E-state index in [9.17, 15) is 4.79 Å². The summed E-state index contributed by atoms with van der Waals surface area (Å²) >= 11 is 0. The minimum absolute atomic E-state index is 0.120. The van der Waals surface area contributed by atoms with Crippen LogP contribution >= 0.6 is 0 Å². The highest BCUT2D eigenvalue weighted by atomic mass is 16.5. The molecule has 142 valence electrons. The summed E-state index contributed by atoms with van der Waals surface area (Å²) < 4.78 is 6.27. The van der Waals surface area contributed by atoms with Crippen molar-refractivity contribution in [3.8, 4) is 5.75 Å². The first kappa shape index (κ1) is 19.0. The molecule has 1 aromatic rings. The Balaban J connectivity index is 1.54. The van der Waals surface area contributed by atoms with Crippen LogP contribution in [0.2, 0.25) is 0 Å². The quantitative estimate of drug-likeness (QED) is 0.723. The Hall–Kier alpha value is -1.81. The first-order chi connectivity index (χ1) is 12.6. The molecule has 2 aliphatic heterocycles. The number of benzene rings is 1. The third-order valence-corrected chi connectivity index (χ3v) is 5.22. The van der Waals surface area contributed by atoms with Crippen molar-refractivity contribution < 1.29 is 9.53 Å². The van der Waals surface area contributed by atoms with Gasteiger partial charge in [-0.1, -0.05) is 38.1 Å². The fraction of sp³-hybridized carbons (Fsp3) is 0.591. The van der Waals surface area contributed by atoms with E-state index in [1.807, 2.05) is 29.2 Å². The van der Waals surface area contributed by atoms with Crippen LogP contribution in [0.15, 0.2) is 36.4 Å². The summed E-state index contributed by atoms with van der Waals surface area (Å²) in [5.41, 5.74) is 0.719. The number of allylic oxidation sites excluding steroid dienone is 1. The van der Waals surface area contributed by atoms with Crippen LogP contribution in [0, 0.1) is 5.92 Å². The molecule has 0 bridgehead atoms. The van der Waals surface area contributed by atoms with Crippen LogP contribution in [-0.2, 0) is 0 Å². The van der Waals surface area contributed by atoms with Crippen LogP contribution in [-0.4, -0.2) is 54.5 Å². The average Bonchev–Trinajstić information content (AvgIpc) is 3.17. The zero-order chi connectivity index (χ0) is 18.4. The lowest BCUT2D eigenvalue weighted by Crippen LogP contribution is -2.38. The predicted octanol–water partition coefficient (Wildman–Crippen LogP) is 3.98. The summed E-state index contributed by atoms with van der Waals surface area (Å²) in [5.74, 6) is 1.48. The Morgan fingerprint density at radius 1 is 1.15 bits per heavy atom. The van der Waals surface area contributed by atoms with E-state index in [0.29, 0.717) is 5.92 Å². The highest BCUT2D eigenvalue weighted by Crippen LogP contribution is 2.25. The molecular formula is C22H32N2O2. The lowest BCUT2D eigenvalue weighted by atomic mass is 10.1. The van der Waals surface area contributed by atoms with Crippen molar-refractivity contribution in [3.63, 3.8) is 0 Å². The van der Waals surface area contributed by atoms with Crippen molar-refractivity contribution in [2.24, 2.45) is 5.92 Å². The second-order valence-corrected chi connectivity index (χ2v) is 7.79. The van der Waals surface area contributed by atoms with Crippen LogP contribution in [0.4, 0.5) is 0 Å². The van der Waals surface area contributed by atoms with E-state index in [1.54, 1.807) is 0 Å². The molecule has 2 fully saturated rings. The fourth-order valence-electron chi connectivity index (χ4n) is 3.71. The third-order valence-electron chi connectivity index (χ3n) is 5.22. The summed E-state index contributed by atoms with van der Waals surface area (Å²) in [4.78, 5) is 17.2. The highest BCUT2D eigenvalue weighted by Gasteiger charge is 2.25. The van der Waals surface area contributed by atoms with E-state index in [0.717, 1.165) is 69.7 Å². The van der Waals surface area contributed by atoms with Crippen molar-refractivity contribution in [3.05, 3.63) is 42.0 Å². The minimum Gasteiger partial charge on any atom is -0.489 e. The normalized spacial score (nSPS) is 19.6. The maximum Gasteiger partial charge on any atom is 0.257 e. The number of carbonyl (C=O) groups is 1. The molecule has 26 heavy (non-hydrogen) atoms. The molecule has 2 aliphatic rings. The molecule has 0 aliphatic carbocycles. The summed E-state index contributed by atoms with van der Waals surface area (Å²) in [6.45, 7) is 9.28. The van der Waals surface area contributed by atoms with Crippen LogP contribution in [0.5, 0.6) is 5.75 Å². The second kappa shape index (κ2) is 9.22. The zero-order valence-corrected chi connectivity index (χ0v) is 16.2. The molecular weight excluding hydrogens is 324 g/mol. The van der Waals surface area contributed by atoms with Gasteiger partial charge in [0, 0.05) is 32.7 Å². The first-order valence-electron chi connectivity index (χ1n) is 10.1. The number of piperidine rings is 1. The number of hydrogen-bond donors (Lipinski definition) is 0. The van der Waals surface area contributed by atoms with Gasteiger partial charge in [-0.3, -0.25) is 9.69 Å². The van der Waals surface area contributed by atoms with E-state index in [2.05, 4.69) is 30.9 Å². The second-order valence-electron chi connectivity index (χ2n) is 7.79. The van der Waals surface area contributed by atoms with Crippen molar-refractivity contribution in [1.29, 1.82) is 0 Å². The Morgan fingerprint density at radius 2 is 1.85 bits per heavy atom. The summed E-state index contributed by atoms with van der Waals surface area (Å²) in [6, 6.07) is 7.74. The van der Waals surface area contributed by atoms with Gasteiger partial charge in [0.1, 0.15) is 11.9 Å². The Bertz CT molecular complexity index is 612. The van der Waals surface area contributed by atoms with Gasteiger partial charge in [0.25, 0.3) is 5.91 Å². The third kappa shape index (κ3) is 5.10. The molecule has 4 nitrogen and oxygen atoms in total. The average molecular weight is 357 g/mol. The summed E-state index contributed by atoms with van der Waals surface area (Å²) in [5, 5.41) is 0. The molecule has 0 spiro atoms. The van der Waals surface area contributed by atoms with Gasteiger partial charge >= 0.3 is 0 Å². The van der Waals surface area contributed by atoms with Gasteiger partial charge < -0.3 is 9.64 Å². The monoisotopic (exact) mass is 356 g/mol. The minimum atomic E-state index is 0.120. The van der Waals surface area contributed by atoms with Crippen molar-refractivity contribution >= 4 is 5.91 Å². The van der Waals surface area contributed by atoms with Crippen LogP contribution in [0.3, 0.4) is 0 Å². The maximum atomic E-state index is 12.8. The lowest BCUT2D eigenvalue weighted by Gasteiger charge is -2.32. The number of ether oxygens (including phenoxy) is 1. The molecule has 0 N–H and O–H groups in total. The SMILES string of the molecule is CC(C)C=CCN1CCC(Oc2ccccc2C(=O)N2CCCC2)CC1. The largest absolute Gasteiger partial charge is 0.489 e. The number of carbonyl (C=O) groups excluding carboxylic acids is 1. The predicted molar refractivity (Wildman–Crippen MR) is 106 cm³/mol. The van der Waals surface area contributed by atoms with Gasteiger partial charge in [0.05, 0.1) is 5.56 Å².